The first-order valence-electron chi connectivity index (χ1n) is 7.82. The van der Waals surface area contributed by atoms with Gasteiger partial charge in [0.2, 0.25) is 0 Å². The zero-order valence-electron chi connectivity index (χ0n) is 12.3. The number of aromatic nitrogens is 2. The molecule has 3 heteroatoms. The number of imidazole rings is 1. The summed E-state index contributed by atoms with van der Waals surface area (Å²) in [5.41, 5.74) is 2.89. The minimum atomic E-state index is 0.272. The molecule has 0 aliphatic heterocycles. The van der Waals surface area contributed by atoms with Gasteiger partial charge < -0.3 is 4.57 Å². The van der Waals surface area contributed by atoms with E-state index in [9.17, 15) is 4.79 Å². The van der Waals surface area contributed by atoms with Crippen LogP contribution in [-0.4, -0.2) is 15.3 Å². The Morgan fingerprint density at radius 3 is 3.05 bits per heavy atom. The molecule has 2 aromatic rings. The van der Waals surface area contributed by atoms with Crippen LogP contribution in [0.1, 0.15) is 35.7 Å². The quantitative estimate of drug-likeness (QED) is 0.863. The lowest BCUT2D eigenvalue weighted by molar-refractivity contribution is -0.120. The van der Waals surface area contributed by atoms with Gasteiger partial charge in [0, 0.05) is 38.2 Å². The maximum absolute atomic E-state index is 12.6. The Balaban J connectivity index is 1.45. The fourth-order valence-corrected chi connectivity index (χ4v) is 4.04. The standard InChI is InChI=1S/C18H20N2O/c1-20-11-10-19-16(20)9-8-15(21)18-14-7-6-12-4-2-3-5-13(12)17(14)18/h2-5,10-11,14,17-18H,6-9H2,1H3. The number of carbonyl (C=O) groups excluding carboxylic acids is 1. The predicted molar refractivity (Wildman–Crippen MR) is 81.0 cm³/mol. The molecule has 0 bridgehead atoms. The Bertz CT molecular complexity index is 688. The number of carbonyl (C=O) groups is 1. The Morgan fingerprint density at radius 2 is 2.24 bits per heavy atom. The molecule has 0 amide bonds. The first kappa shape index (κ1) is 12.8. The molecule has 1 heterocycles. The third-order valence-electron chi connectivity index (χ3n) is 5.22. The molecule has 21 heavy (non-hydrogen) atoms. The Kier molecular flexibility index (Phi) is 2.95. The van der Waals surface area contributed by atoms with Crippen LogP contribution in [0.15, 0.2) is 36.7 Å². The van der Waals surface area contributed by atoms with Crippen molar-refractivity contribution in [2.24, 2.45) is 18.9 Å². The zero-order valence-corrected chi connectivity index (χ0v) is 12.3. The summed E-state index contributed by atoms with van der Waals surface area (Å²) in [6.07, 6.45) is 7.45. The van der Waals surface area contributed by atoms with Crippen LogP contribution in [0.2, 0.25) is 0 Å². The Morgan fingerprint density at radius 1 is 1.38 bits per heavy atom. The van der Waals surface area contributed by atoms with Crippen molar-refractivity contribution in [2.75, 3.05) is 0 Å². The monoisotopic (exact) mass is 280 g/mol. The lowest BCUT2D eigenvalue weighted by Crippen LogP contribution is -2.07. The van der Waals surface area contributed by atoms with Crippen LogP contribution in [0.4, 0.5) is 0 Å². The maximum atomic E-state index is 12.6. The summed E-state index contributed by atoms with van der Waals surface area (Å²) >= 11 is 0. The molecule has 2 aliphatic carbocycles. The molecule has 3 unspecified atom stereocenters. The molecule has 2 aliphatic rings. The summed E-state index contributed by atoms with van der Waals surface area (Å²) in [4.78, 5) is 16.9. The van der Waals surface area contributed by atoms with Crippen LogP contribution in [-0.2, 0) is 24.7 Å². The number of ketones is 1. The molecule has 3 atom stereocenters. The van der Waals surface area contributed by atoms with E-state index in [1.807, 2.05) is 17.8 Å². The smallest absolute Gasteiger partial charge is 0.137 e. The molecule has 1 aromatic heterocycles. The van der Waals surface area contributed by atoms with Crippen LogP contribution in [0.5, 0.6) is 0 Å². The number of rotatable bonds is 4. The van der Waals surface area contributed by atoms with E-state index >= 15 is 0 Å². The molecular formula is C18H20N2O. The highest BCUT2D eigenvalue weighted by atomic mass is 16.1. The predicted octanol–water partition coefficient (Wildman–Crippen LogP) is 2.90. The van der Waals surface area contributed by atoms with Crippen LogP contribution < -0.4 is 0 Å². The molecule has 4 rings (SSSR count). The molecule has 108 valence electrons. The van der Waals surface area contributed by atoms with Crippen molar-refractivity contribution in [3.05, 3.63) is 53.6 Å². The first-order valence-corrected chi connectivity index (χ1v) is 7.82. The van der Waals surface area contributed by atoms with Crippen molar-refractivity contribution < 1.29 is 4.79 Å². The van der Waals surface area contributed by atoms with E-state index in [4.69, 9.17) is 0 Å². The Labute approximate surface area is 125 Å². The number of hydrogen-bond donors (Lipinski definition) is 0. The average molecular weight is 280 g/mol. The van der Waals surface area contributed by atoms with E-state index in [0.29, 0.717) is 24.0 Å². The molecular weight excluding hydrogens is 260 g/mol. The number of benzene rings is 1. The number of hydrogen-bond acceptors (Lipinski definition) is 2. The number of Topliss-reactive ketones (excluding diaryl/α,β-unsaturated/α-hetero) is 1. The summed E-state index contributed by atoms with van der Waals surface area (Å²) in [5.74, 6) is 2.82. The van der Waals surface area contributed by atoms with E-state index < -0.39 is 0 Å². The zero-order chi connectivity index (χ0) is 14.4. The van der Waals surface area contributed by atoms with Crippen molar-refractivity contribution in [3.8, 4) is 0 Å². The molecule has 1 aromatic carbocycles. The second-order valence-corrected chi connectivity index (χ2v) is 6.37. The van der Waals surface area contributed by atoms with Crippen LogP contribution in [0, 0.1) is 11.8 Å². The molecule has 1 saturated carbocycles. The van der Waals surface area contributed by atoms with Crippen LogP contribution in [0.25, 0.3) is 0 Å². The highest BCUT2D eigenvalue weighted by Gasteiger charge is 2.56. The van der Waals surface area contributed by atoms with E-state index in [0.717, 1.165) is 18.7 Å². The normalized spacial score (nSPS) is 26.0. The lowest BCUT2D eigenvalue weighted by Gasteiger charge is -2.13. The largest absolute Gasteiger partial charge is 0.338 e. The van der Waals surface area contributed by atoms with Crippen LogP contribution >= 0.6 is 0 Å². The lowest BCUT2D eigenvalue weighted by atomic mass is 9.92. The second-order valence-electron chi connectivity index (χ2n) is 6.37. The minimum Gasteiger partial charge on any atom is -0.338 e. The molecule has 1 fully saturated rings. The SMILES string of the molecule is Cn1ccnc1CCC(=O)C1C2CCc3ccccc3C21. The molecule has 0 radical (unpaired) electrons. The summed E-state index contributed by atoms with van der Waals surface area (Å²) in [6, 6.07) is 8.66. The van der Waals surface area contributed by atoms with Gasteiger partial charge in [0.1, 0.15) is 11.6 Å². The van der Waals surface area contributed by atoms with Crippen molar-refractivity contribution in [3.63, 3.8) is 0 Å². The summed E-state index contributed by atoms with van der Waals surface area (Å²) in [5, 5.41) is 0. The highest BCUT2D eigenvalue weighted by molar-refractivity contribution is 5.86. The van der Waals surface area contributed by atoms with E-state index in [1.54, 1.807) is 6.20 Å². The van der Waals surface area contributed by atoms with E-state index in [-0.39, 0.29) is 5.92 Å². The van der Waals surface area contributed by atoms with Crippen molar-refractivity contribution in [1.82, 2.24) is 9.55 Å². The van der Waals surface area contributed by atoms with Crippen molar-refractivity contribution in [1.29, 1.82) is 0 Å². The first-order chi connectivity index (χ1) is 10.3. The van der Waals surface area contributed by atoms with Gasteiger partial charge in [-0.15, -0.1) is 0 Å². The molecule has 3 nitrogen and oxygen atoms in total. The second kappa shape index (κ2) is 4.83. The third-order valence-corrected chi connectivity index (χ3v) is 5.22. The fourth-order valence-electron chi connectivity index (χ4n) is 4.04. The van der Waals surface area contributed by atoms with E-state index in [1.165, 1.54) is 17.5 Å². The fraction of sp³-hybridized carbons (Fsp3) is 0.444. The Hall–Kier alpha value is -1.90. The molecule has 0 N–H and O–H groups in total. The van der Waals surface area contributed by atoms with Crippen LogP contribution in [0.3, 0.4) is 0 Å². The van der Waals surface area contributed by atoms with Gasteiger partial charge in [0.05, 0.1) is 0 Å². The van der Waals surface area contributed by atoms with Gasteiger partial charge in [-0.05, 0) is 35.8 Å². The van der Waals surface area contributed by atoms with Gasteiger partial charge in [0.15, 0.2) is 0 Å². The van der Waals surface area contributed by atoms with Gasteiger partial charge in [-0.2, -0.15) is 0 Å². The summed E-state index contributed by atoms with van der Waals surface area (Å²) in [6.45, 7) is 0. The summed E-state index contributed by atoms with van der Waals surface area (Å²) in [7, 11) is 1.99. The van der Waals surface area contributed by atoms with Gasteiger partial charge in [-0.3, -0.25) is 4.79 Å². The highest BCUT2D eigenvalue weighted by Crippen LogP contribution is 2.60. The third kappa shape index (κ3) is 2.11. The minimum absolute atomic E-state index is 0.272. The number of fused-ring (bicyclic) bond motifs is 3. The molecule has 0 spiro atoms. The number of nitrogens with zero attached hydrogens (tertiary/aromatic N) is 2. The molecule has 0 saturated heterocycles. The van der Waals surface area contributed by atoms with Gasteiger partial charge >= 0.3 is 0 Å². The maximum Gasteiger partial charge on any atom is 0.137 e. The van der Waals surface area contributed by atoms with Crippen molar-refractivity contribution in [2.45, 2.75) is 31.6 Å². The van der Waals surface area contributed by atoms with Gasteiger partial charge in [0.25, 0.3) is 0 Å². The topological polar surface area (TPSA) is 34.9 Å². The van der Waals surface area contributed by atoms with Gasteiger partial charge in [-0.1, -0.05) is 24.3 Å². The summed E-state index contributed by atoms with van der Waals surface area (Å²) < 4.78 is 2.00. The van der Waals surface area contributed by atoms with Gasteiger partial charge in [-0.25, -0.2) is 4.98 Å². The van der Waals surface area contributed by atoms with Crippen molar-refractivity contribution >= 4 is 5.78 Å². The average Bonchev–Trinajstić information content (AvgIpc) is 3.12. The van der Waals surface area contributed by atoms with E-state index in [2.05, 4.69) is 29.2 Å². The number of aryl methyl sites for hydroxylation is 3.